The van der Waals surface area contributed by atoms with Gasteiger partial charge in [0.15, 0.2) is 0 Å². The van der Waals surface area contributed by atoms with Gasteiger partial charge in [-0.15, -0.1) is 0 Å². The molecule has 0 saturated carbocycles. The maximum absolute atomic E-state index is 12.4. The Kier molecular flexibility index (Phi) is 4.29. The Morgan fingerprint density at radius 2 is 2.00 bits per heavy atom. The van der Waals surface area contributed by atoms with Gasteiger partial charge in [0.25, 0.3) is 5.56 Å². The molecule has 22 heavy (non-hydrogen) atoms. The van der Waals surface area contributed by atoms with E-state index >= 15 is 0 Å². The second kappa shape index (κ2) is 5.72. The minimum atomic E-state index is -0.507. The van der Waals surface area contributed by atoms with Crippen LogP contribution in [0.5, 0.6) is 0 Å². The maximum Gasteiger partial charge on any atom is 0.261 e. The van der Waals surface area contributed by atoms with Crippen molar-refractivity contribution in [3.8, 4) is 0 Å². The van der Waals surface area contributed by atoms with Crippen molar-refractivity contribution < 1.29 is 4.79 Å². The molecule has 0 spiro atoms. The highest BCUT2D eigenvalue weighted by Gasteiger charge is 2.24. The zero-order chi connectivity index (χ0) is 16.7. The predicted octanol–water partition coefficient (Wildman–Crippen LogP) is 2.81. The number of carbonyl (C=O) groups excluding carboxylic acids is 1. The van der Waals surface area contributed by atoms with Crippen LogP contribution in [-0.2, 0) is 11.8 Å². The van der Waals surface area contributed by atoms with Gasteiger partial charge >= 0.3 is 0 Å². The number of benzene rings is 1. The molecule has 0 unspecified atom stereocenters. The molecule has 0 saturated heterocycles. The van der Waals surface area contributed by atoms with Gasteiger partial charge in [-0.05, 0) is 25.1 Å². The standard InChI is InChI=1S/C16H20ClN3O2/c1-9(18-15(22)16(2,3)4)13-19-12-8-10(17)6-7-11(12)14(21)20(13)5/h6-9H,1-5H3,(H,18,22)/t9-/m1/s1. The van der Waals surface area contributed by atoms with Crippen molar-refractivity contribution in [2.45, 2.75) is 33.7 Å². The summed E-state index contributed by atoms with van der Waals surface area (Å²) >= 11 is 5.97. The van der Waals surface area contributed by atoms with E-state index in [2.05, 4.69) is 10.3 Å². The number of nitrogens with one attached hydrogen (secondary N) is 1. The van der Waals surface area contributed by atoms with Crippen molar-refractivity contribution in [1.82, 2.24) is 14.9 Å². The molecule has 6 heteroatoms. The van der Waals surface area contributed by atoms with E-state index in [1.165, 1.54) is 4.57 Å². The summed E-state index contributed by atoms with van der Waals surface area (Å²) in [5.74, 6) is 0.401. The van der Waals surface area contributed by atoms with Crippen LogP contribution in [0.25, 0.3) is 10.9 Å². The minimum absolute atomic E-state index is 0.0968. The summed E-state index contributed by atoms with van der Waals surface area (Å²) in [5.41, 5.74) is -0.135. The Bertz CT molecular complexity index is 790. The van der Waals surface area contributed by atoms with E-state index in [1.54, 1.807) is 25.2 Å². The molecule has 0 aliphatic rings. The van der Waals surface area contributed by atoms with Gasteiger partial charge in [-0.1, -0.05) is 32.4 Å². The average molecular weight is 322 g/mol. The van der Waals surface area contributed by atoms with Crippen LogP contribution in [0.1, 0.15) is 39.6 Å². The van der Waals surface area contributed by atoms with Gasteiger partial charge in [0.05, 0.1) is 16.9 Å². The lowest BCUT2D eigenvalue weighted by molar-refractivity contribution is -0.129. The molecule has 118 valence electrons. The van der Waals surface area contributed by atoms with Crippen molar-refractivity contribution in [2.24, 2.45) is 12.5 Å². The summed E-state index contributed by atoms with van der Waals surface area (Å²) in [7, 11) is 1.65. The van der Waals surface area contributed by atoms with Crippen LogP contribution in [0.2, 0.25) is 5.02 Å². The van der Waals surface area contributed by atoms with Gasteiger partial charge in [0.2, 0.25) is 5.91 Å². The van der Waals surface area contributed by atoms with Crippen LogP contribution in [-0.4, -0.2) is 15.5 Å². The van der Waals surface area contributed by atoms with Crippen LogP contribution >= 0.6 is 11.6 Å². The van der Waals surface area contributed by atoms with Gasteiger partial charge in [0, 0.05) is 17.5 Å². The number of carbonyl (C=O) groups is 1. The molecule has 0 fully saturated rings. The Hall–Kier alpha value is -1.88. The molecule has 1 amide bonds. The molecule has 1 aromatic heterocycles. The SMILES string of the molecule is C[C@@H](NC(=O)C(C)(C)C)c1nc2cc(Cl)ccc2c(=O)n1C. The van der Waals surface area contributed by atoms with Crippen molar-refractivity contribution in [3.05, 3.63) is 39.4 Å². The van der Waals surface area contributed by atoms with E-state index < -0.39 is 5.41 Å². The fourth-order valence-electron chi connectivity index (χ4n) is 2.13. The first-order valence-electron chi connectivity index (χ1n) is 7.08. The quantitative estimate of drug-likeness (QED) is 0.925. The number of fused-ring (bicyclic) bond motifs is 1. The average Bonchev–Trinajstić information content (AvgIpc) is 2.41. The Labute approximate surface area is 134 Å². The van der Waals surface area contributed by atoms with E-state index in [1.807, 2.05) is 27.7 Å². The number of halogens is 1. The zero-order valence-corrected chi connectivity index (χ0v) is 14.2. The van der Waals surface area contributed by atoms with Crippen molar-refractivity contribution >= 4 is 28.4 Å². The van der Waals surface area contributed by atoms with E-state index in [0.717, 1.165) is 0 Å². The highest BCUT2D eigenvalue weighted by Crippen LogP contribution is 2.19. The van der Waals surface area contributed by atoms with Crippen LogP contribution in [0.15, 0.2) is 23.0 Å². The highest BCUT2D eigenvalue weighted by molar-refractivity contribution is 6.31. The van der Waals surface area contributed by atoms with Crippen molar-refractivity contribution in [1.29, 1.82) is 0 Å². The molecule has 2 rings (SSSR count). The highest BCUT2D eigenvalue weighted by atomic mass is 35.5. The number of nitrogens with zero attached hydrogens (tertiary/aromatic N) is 2. The third-order valence-corrected chi connectivity index (χ3v) is 3.72. The summed E-state index contributed by atoms with van der Waals surface area (Å²) in [6, 6.07) is 4.60. The van der Waals surface area contributed by atoms with Gasteiger partial charge in [-0.25, -0.2) is 4.98 Å². The summed E-state index contributed by atoms with van der Waals surface area (Å²) in [6.45, 7) is 7.31. The molecule has 2 aromatic rings. The Morgan fingerprint density at radius 1 is 1.36 bits per heavy atom. The summed E-state index contributed by atoms with van der Waals surface area (Å²) in [6.07, 6.45) is 0. The summed E-state index contributed by atoms with van der Waals surface area (Å²) in [4.78, 5) is 29.0. The topological polar surface area (TPSA) is 64.0 Å². The fraction of sp³-hybridized carbons (Fsp3) is 0.438. The zero-order valence-electron chi connectivity index (χ0n) is 13.4. The summed E-state index contributed by atoms with van der Waals surface area (Å²) in [5, 5.41) is 3.91. The largest absolute Gasteiger partial charge is 0.346 e. The van der Waals surface area contributed by atoms with E-state index in [-0.39, 0.29) is 17.5 Å². The molecular formula is C16H20ClN3O2. The number of amides is 1. The second-order valence-electron chi connectivity index (χ2n) is 6.44. The molecule has 0 radical (unpaired) electrons. The first-order valence-corrected chi connectivity index (χ1v) is 7.46. The second-order valence-corrected chi connectivity index (χ2v) is 6.88. The first-order chi connectivity index (χ1) is 10.1. The number of hydrogen-bond acceptors (Lipinski definition) is 3. The third kappa shape index (κ3) is 3.14. The third-order valence-electron chi connectivity index (χ3n) is 3.49. The Balaban J connectivity index is 2.49. The van der Waals surface area contributed by atoms with Crippen LogP contribution < -0.4 is 10.9 Å². The molecule has 5 nitrogen and oxygen atoms in total. The molecule has 0 aliphatic carbocycles. The van der Waals surface area contributed by atoms with Gasteiger partial charge in [-0.3, -0.25) is 14.2 Å². The van der Waals surface area contributed by atoms with E-state index in [9.17, 15) is 9.59 Å². The molecule has 1 atom stereocenters. The number of rotatable bonds is 2. The summed E-state index contributed by atoms with van der Waals surface area (Å²) < 4.78 is 1.46. The molecular weight excluding hydrogens is 302 g/mol. The van der Waals surface area contributed by atoms with Gasteiger partial charge in [-0.2, -0.15) is 0 Å². The van der Waals surface area contributed by atoms with Crippen LogP contribution in [0, 0.1) is 5.41 Å². The van der Waals surface area contributed by atoms with Crippen LogP contribution in [0.4, 0.5) is 0 Å². The lowest BCUT2D eigenvalue weighted by Gasteiger charge is -2.22. The lowest BCUT2D eigenvalue weighted by Crippen LogP contribution is -2.38. The van der Waals surface area contributed by atoms with Crippen molar-refractivity contribution in [2.75, 3.05) is 0 Å². The van der Waals surface area contributed by atoms with E-state index in [4.69, 9.17) is 11.6 Å². The lowest BCUT2D eigenvalue weighted by atomic mass is 9.95. The minimum Gasteiger partial charge on any atom is -0.346 e. The van der Waals surface area contributed by atoms with E-state index in [0.29, 0.717) is 21.7 Å². The van der Waals surface area contributed by atoms with Gasteiger partial charge < -0.3 is 5.32 Å². The Morgan fingerprint density at radius 3 is 2.59 bits per heavy atom. The normalized spacial score (nSPS) is 13.2. The molecule has 1 N–H and O–H groups in total. The monoisotopic (exact) mass is 321 g/mol. The first kappa shape index (κ1) is 16.5. The molecule has 1 heterocycles. The number of aromatic nitrogens is 2. The molecule has 0 bridgehead atoms. The maximum atomic E-state index is 12.4. The molecule has 1 aromatic carbocycles. The van der Waals surface area contributed by atoms with Gasteiger partial charge in [0.1, 0.15) is 5.82 Å². The smallest absolute Gasteiger partial charge is 0.261 e. The fourth-order valence-corrected chi connectivity index (χ4v) is 2.29. The van der Waals surface area contributed by atoms with Crippen molar-refractivity contribution in [3.63, 3.8) is 0 Å². The van der Waals surface area contributed by atoms with Crippen LogP contribution in [0.3, 0.4) is 0 Å². The molecule has 0 aliphatic heterocycles. The predicted molar refractivity (Wildman–Crippen MR) is 88.0 cm³/mol. The number of hydrogen-bond donors (Lipinski definition) is 1.